The van der Waals surface area contributed by atoms with Crippen molar-refractivity contribution in [2.45, 2.75) is 40.5 Å². The highest BCUT2D eigenvalue weighted by atomic mass is 32.1. The first kappa shape index (κ1) is 15.8. The minimum atomic E-state index is -0.0838. The summed E-state index contributed by atoms with van der Waals surface area (Å²) in [5, 5.41) is 3.92. The van der Waals surface area contributed by atoms with E-state index in [2.05, 4.69) is 24.1 Å². The number of aromatic nitrogens is 1. The molecular weight excluding hydrogens is 282 g/mol. The van der Waals surface area contributed by atoms with E-state index in [1.54, 1.807) is 0 Å². The first-order valence-electron chi connectivity index (χ1n) is 7.42. The molecular formula is C16H23N3OS. The molecule has 0 aromatic carbocycles. The van der Waals surface area contributed by atoms with Gasteiger partial charge in [0, 0.05) is 17.6 Å². The summed E-state index contributed by atoms with van der Waals surface area (Å²) in [4.78, 5) is 18.3. The molecule has 0 radical (unpaired) electrons. The van der Waals surface area contributed by atoms with Crippen LogP contribution in [0, 0.1) is 19.8 Å². The van der Waals surface area contributed by atoms with Crippen molar-refractivity contribution in [3.8, 4) is 0 Å². The number of nitrogen functional groups attached to an aromatic ring is 1. The maximum atomic E-state index is 12.4. The number of anilines is 1. The standard InChI is InChI=1S/C16H23N3OS/c1-5-11(6-2)8-18-15(20)14-13(17)12-9(3)7-10(4)19-16(12)21-14/h7,11H,5-6,8,17H2,1-4H3,(H,18,20). The van der Waals surface area contributed by atoms with Crippen molar-refractivity contribution in [1.29, 1.82) is 0 Å². The Morgan fingerprint density at radius 3 is 2.67 bits per heavy atom. The highest BCUT2D eigenvalue weighted by Gasteiger charge is 2.19. The molecule has 3 N–H and O–H groups in total. The molecule has 2 heterocycles. The zero-order valence-electron chi connectivity index (χ0n) is 13.1. The van der Waals surface area contributed by atoms with Gasteiger partial charge in [0.05, 0.1) is 5.69 Å². The second-order valence-electron chi connectivity index (χ2n) is 5.50. The number of carbonyl (C=O) groups is 1. The Hall–Kier alpha value is -1.62. The molecule has 114 valence electrons. The van der Waals surface area contributed by atoms with Crippen LogP contribution >= 0.6 is 11.3 Å². The fraction of sp³-hybridized carbons (Fsp3) is 0.500. The number of nitrogens with two attached hydrogens (primary N) is 1. The van der Waals surface area contributed by atoms with Gasteiger partial charge in [0.15, 0.2) is 0 Å². The first-order valence-corrected chi connectivity index (χ1v) is 8.23. The zero-order chi connectivity index (χ0) is 15.6. The van der Waals surface area contributed by atoms with Crippen LogP contribution < -0.4 is 11.1 Å². The van der Waals surface area contributed by atoms with Crippen LogP contribution in [-0.4, -0.2) is 17.4 Å². The monoisotopic (exact) mass is 305 g/mol. The van der Waals surface area contributed by atoms with Crippen LogP contribution in [0.3, 0.4) is 0 Å². The molecule has 2 rings (SSSR count). The van der Waals surface area contributed by atoms with E-state index in [0.29, 0.717) is 23.0 Å². The van der Waals surface area contributed by atoms with E-state index in [-0.39, 0.29) is 5.91 Å². The lowest BCUT2D eigenvalue weighted by atomic mass is 10.0. The van der Waals surface area contributed by atoms with Crippen LogP contribution in [0.5, 0.6) is 0 Å². The summed E-state index contributed by atoms with van der Waals surface area (Å²) in [6, 6.07) is 2.00. The molecule has 0 atom stereocenters. The lowest BCUT2D eigenvalue weighted by Gasteiger charge is -2.12. The van der Waals surface area contributed by atoms with E-state index in [1.165, 1.54) is 11.3 Å². The summed E-state index contributed by atoms with van der Waals surface area (Å²) < 4.78 is 0. The maximum Gasteiger partial charge on any atom is 0.263 e. The topological polar surface area (TPSA) is 68.0 Å². The van der Waals surface area contributed by atoms with Crippen LogP contribution in [-0.2, 0) is 0 Å². The number of hydrogen-bond acceptors (Lipinski definition) is 4. The Bertz CT molecular complexity index is 659. The number of aryl methyl sites for hydroxylation is 2. The molecule has 1 amide bonds. The van der Waals surface area contributed by atoms with Crippen LogP contribution in [0.1, 0.15) is 47.6 Å². The number of thiophene rings is 1. The Morgan fingerprint density at radius 1 is 1.38 bits per heavy atom. The fourth-order valence-electron chi connectivity index (χ4n) is 2.53. The van der Waals surface area contributed by atoms with Gasteiger partial charge in [-0.05, 0) is 31.4 Å². The van der Waals surface area contributed by atoms with Gasteiger partial charge in [0.25, 0.3) is 5.91 Å². The average Bonchev–Trinajstić information content (AvgIpc) is 2.76. The van der Waals surface area contributed by atoms with E-state index >= 15 is 0 Å². The van der Waals surface area contributed by atoms with E-state index in [1.807, 2.05) is 19.9 Å². The average molecular weight is 305 g/mol. The summed E-state index contributed by atoms with van der Waals surface area (Å²) in [5.41, 5.74) is 8.75. The number of fused-ring (bicyclic) bond motifs is 1. The van der Waals surface area contributed by atoms with Crippen molar-refractivity contribution in [2.24, 2.45) is 5.92 Å². The van der Waals surface area contributed by atoms with Gasteiger partial charge in [0.2, 0.25) is 0 Å². The molecule has 0 fully saturated rings. The molecule has 2 aromatic rings. The van der Waals surface area contributed by atoms with Crippen LogP contribution in [0.4, 0.5) is 5.69 Å². The lowest BCUT2D eigenvalue weighted by Crippen LogP contribution is -2.28. The molecule has 4 nitrogen and oxygen atoms in total. The predicted octanol–water partition coefficient (Wildman–Crippen LogP) is 3.66. The van der Waals surface area contributed by atoms with Gasteiger partial charge in [-0.3, -0.25) is 4.79 Å². The number of pyridine rings is 1. The maximum absolute atomic E-state index is 12.4. The van der Waals surface area contributed by atoms with E-state index in [4.69, 9.17) is 5.73 Å². The molecule has 0 aliphatic rings. The summed E-state index contributed by atoms with van der Waals surface area (Å²) in [7, 11) is 0. The van der Waals surface area contributed by atoms with Crippen molar-refractivity contribution in [1.82, 2.24) is 10.3 Å². The molecule has 0 aliphatic heterocycles. The van der Waals surface area contributed by atoms with Crippen molar-refractivity contribution >= 4 is 33.1 Å². The van der Waals surface area contributed by atoms with Crippen LogP contribution in [0.15, 0.2) is 6.07 Å². The third-order valence-corrected chi connectivity index (χ3v) is 5.03. The van der Waals surface area contributed by atoms with Crippen LogP contribution in [0.2, 0.25) is 0 Å². The smallest absolute Gasteiger partial charge is 0.263 e. The van der Waals surface area contributed by atoms with Gasteiger partial charge in [-0.15, -0.1) is 11.3 Å². The molecule has 21 heavy (non-hydrogen) atoms. The van der Waals surface area contributed by atoms with Gasteiger partial charge in [0.1, 0.15) is 9.71 Å². The number of amides is 1. The summed E-state index contributed by atoms with van der Waals surface area (Å²) >= 11 is 1.38. The minimum Gasteiger partial charge on any atom is -0.397 e. The Kier molecular flexibility index (Phi) is 4.83. The molecule has 0 unspecified atom stereocenters. The molecule has 0 saturated heterocycles. The number of rotatable bonds is 5. The van der Waals surface area contributed by atoms with Gasteiger partial charge in [-0.1, -0.05) is 26.7 Å². The van der Waals surface area contributed by atoms with Gasteiger partial charge >= 0.3 is 0 Å². The summed E-state index contributed by atoms with van der Waals surface area (Å²) in [5.74, 6) is 0.436. The van der Waals surface area contributed by atoms with E-state index in [0.717, 1.165) is 34.3 Å². The quantitative estimate of drug-likeness (QED) is 0.885. The molecule has 0 aliphatic carbocycles. The second-order valence-corrected chi connectivity index (χ2v) is 6.50. The number of nitrogens with one attached hydrogen (secondary N) is 1. The summed E-state index contributed by atoms with van der Waals surface area (Å²) in [6.45, 7) is 8.94. The van der Waals surface area contributed by atoms with Crippen molar-refractivity contribution in [3.63, 3.8) is 0 Å². The van der Waals surface area contributed by atoms with Crippen LogP contribution in [0.25, 0.3) is 10.2 Å². The molecule has 5 heteroatoms. The Balaban J connectivity index is 2.28. The zero-order valence-corrected chi connectivity index (χ0v) is 13.9. The normalized spacial score (nSPS) is 11.3. The number of carbonyl (C=O) groups excluding carboxylic acids is 1. The van der Waals surface area contributed by atoms with Crippen molar-refractivity contribution < 1.29 is 4.79 Å². The molecule has 2 aromatic heterocycles. The van der Waals surface area contributed by atoms with Gasteiger partial charge in [-0.2, -0.15) is 0 Å². The molecule has 0 bridgehead atoms. The SMILES string of the molecule is CCC(CC)CNC(=O)c1sc2nc(C)cc(C)c2c1N. The largest absolute Gasteiger partial charge is 0.397 e. The van der Waals surface area contributed by atoms with Crippen molar-refractivity contribution in [2.75, 3.05) is 12.3 Å². The second kappa shape index (κ2) is 6.43. The Morgan fingerprint density at radius 2 is 2.05 bits per heavy atom. The predicted molar refractivity (Wildman–Crippen MR) is 89.9 cm³/mol. The highest BCUT2D eigenvalue weighted by molar-refractivity contribution is 7.21. The Labute approximate surface area is 129 Å². The fourth-order valence-corrected chi connectivity index (χ4v) is 3.67. The minimum absolute atomic E-state index is 0.0838. The molecule has 0 saturated carbocycles. The van der Waals surface area contributed by atoms with E-state index in [9.17, 15) is 4.79 Å². The number of hydrogen-bond donors (Lipinski definition) is 2. The van der Waals surface area contributed by atoms with Gasteiger partial charge in [-0.25, -0.2) is 4.98 Å². The number of nitrogens with zero attached hydrogens (tertiary/aromatic N) is 1. The third-order valence-electron chi connectivity index (χ3n) is 3.94. The highest BCUT2D eigenvalue weighted by Crippen LogP contribution is 2.34. The third kappa shape index (κ3) is 3.18. The first-order chi connectivity index (χ1) is 9.97. The lowest BCUT2D eigenvalue weighted by molar-refractivity contribution is 0.0951. The van der Waals surface area contributed by atoms with E-state index < -0.39 is 0 Å². The summed E-state index contributed by atoms with van der Waals surface area (Å²) in [6.07, 6.45) is 2.14. The molecule has 0 spiro atoms. The van der Waals surface area contributed by atoms with Gasteiger partial charge < -0.3 is 11.1 Å². The van der Waals surface area contributed by atoms with Crippen molar-refractivity contribution in [3.05, 3.63) is 22.2 Å².